The Morgan fingerprint density at radius 3 is 2.70 bits per heavy atom. The van der Waals surface area contributed by atoms with Crippen LogP contribution in [0, 0.1) is 0 Å². The van der Waals surface area contributed by atoms with Gasteiger partial charge in [0.05, 0.1) is 27.4 Å². The summed E-state index contributed by atoms with van der Waals surface area (Å²) in [4.78, 5) is 3.35. The molecule has 3 N–H and O–H groups in total. The largest absolute Gasteiger partial charge is 0.387 e. The average Bonchev–Trinajstić information content (AvgIpc) is 3.22. The van der Waals surface area contributed by atoms with Crippen molar-refractivity contribution in [2.75, 3.05) is 5.32 Å². The number of H-pyrrole nitrogens is 1. The van der Waals surface area contributed by atoms with Crippen LogP contribution in [0.5, 0.6) is 0 Å². The minimum absolute atomic E-state index is 0.319. The summed E-state index contributed by atoms with van der Waals surface area (Å²) >= 11 is 6.79. The minimum atomic E-state index is -0.798. The number of benzene rings is 2. The molecule has 2 aliphatic rings. The summed E-state index contributed by atoms with van der Waals surface area (Å²) in [6.07, 6.45) is 4.76. The van der Waals surface area contributed by atoms with E-state index in [1.807, 2.05) is 12.3 Å². The fraction of sp³-hybridized carbons (Fsp3) is 0.391. The molecule has 5 rings (SSSR count). The van der Waals surface area contributed by atoms with Crippen molar-refractivity contribution >= 4 is 28.2 Å². The van der Waals surface area contributed by atoms with Crippen LogP contribution >= 0.6 is 11.6 Å². The number of anilines is 1. The maximum absolute atomic E-state index is 11.7. The van der Waals surface area contributed by atoms with Crippen LogP contribution in [-0.4, -0.2) is 21.2 Å². The summed E-state index contributed by atoms with van der Waals surface area (Å²) in [5.74, 6) is 0. The van der Waals surface area contributed by atoms with Gasteiger partial charge >= 0.3 is 0 Å². The van der Waals surface area contributed by atoms with E-state index in [2.05, 4.69) is 61.4 Å². The average molecular weight is 381 g/mol. The van der Waals surface area contributed by atoms with Gasteiger partial charge in [0.1, 0.15) is 0 Å². The van der Waals surface area contributed by atoms with Crippen LogP contribution in [0.3, 0.4) is 0 Å². The smallest absolute Gasteiger partial charge is 0.0964 e. The van der Waals surface area contributed by atoms with Crippen molar-refractivity contribution in [3.8, 4) is 11.1 Å². The number of aromatic amines is 1. The van der Waals surface area contributed by atoms with E-state index in [1.165, 1.54) is 5.39 Å². The molecule has 2 aromatic carbocycles. The number of aliphatic hydroxyl groups is 1. The van der Waals surface area contributed by atoms with Gasteiger partial charge in [0.15, 0.2) is 0 Å². The summed E-state index contributed by atoms with van der Waals surface area (Å²) in [6, 6.07) is 12.7. The molecule has 0 radical (unpaired) electrons. The zero-order chi connectivity index (χ0) is 19.0. The lowest BCUT2D eigenvalue weighted by Gasteiger charge is -2.55. The second kappa shape index (κ2) is 5.30. The van der Waals surface area contributed by atoms with Crippen LogP contribution < -0.4 is 5.32 Å². The molecule has 2 heterocycles. The highest BCUT2D eigenvalue weighted by atomic mass is 35.5. The lowest BCUT2D eigenvalue weighted by Crippen LogP contribution is -2.65. The van der Waals surface area contributed by atoms with Gasteiger partial charge < -0.3 is 15.4 Å². The molecule has 1 aromatic heterocycles. The highest BCUT2D eigenvalue weighted by Gasteiger charge is 2.63. The van der Waals surface area contributed by atoms with Gasteiger partial charge in [0.2, 0.25) is 0 Å². The van der Waals surface area contributed by atoms with E-state index >= 15 is 0 Å². The monoisotopic (exact) mass is 380 g/mol. The van der Waals surface area contributed by atoms with Crippen LogP contribution in [-0.2, 0) is 5.41 Å². The maximum Gasteiger partial charge on any atom is 0.0964 e. The van der Waals surface area contributed by atoms with E-state index < -0.39 is 11.1 Å². The summed E-state index contributed by atoms with van der Waals surface area (Å²) in [7, 11) is 0. The first-order valence-electron chi connectivity index (χ1n) is 9.68. The molecule has 3 nitrogen and oxygen atoms in total. The molecular weight excluding hydrogens is 356 g/mol. The van der Waals surface area contributed by atoms with E-state index in [9.17, 15) is 5.11 Å². The van der Waals surface area contributed by atoms with Crippen LogP contribution in [0.4, 0.5) is 5.69 Å². The highest BCUT2D eigenvalue weighted by molar-refractivity contribution is 6.34. The van der Waals surface area contributed by atoms with Crippen molar-refractivity contribution in [3.05, 3.63) is 53.2 Å². The molecule has 0 spiro atoms. The molecule has 0 saturated heterocycles. The van der Waals surface area contributed by atoms with Crippen LogP contribution in [0.2, 0.25) is 5.02 Å². The third-order valence-corrected chi connectivity index (χ3v) is 7.48. The quantitative estimate of drug-likeness (QED) is 0.494. The molecule has 3 aromatic rings. The molecule has 1 aliphatic carbocycles. The number of nitrogens with one attached hydrogen (secondary N) is 2. The third kappa shape index (κ3) is 2.07. The topological polar surface area (TPSA) is 48.0 Å². The molecule has 0 amide bonds. The standard InChI is InChI=1S/C23H25ClN2O/c1-21(2)23(27)10-5-9-22(23,3)17-12-15(13-18(24)20(17)26-21)16-7-4-6-14-8-11-25-19(14)16/h4,6-8,11-13,25-27H,5,9-10H2,1-3H3. The fourth-order valence-electron chi connectivity index (χ4n) is 5.61. The van der Waals surface area contributed by atoms with Crippen molar-refractivity contribution in [2.45, 2.75) is 56.6 Å². The number of fused-ring (bicyclic) bond motifs is 4. The Bertz CT molecular complexity index is 1070. The van der Waals surface area contributed by atoms with Crippen LogP contribution in [0.1, 0.15) is 45.6 Å². The summed E-state index contributed by atoms with van der Waals surface area (Å²) < 4.78 is 0. The summed E-state index contributed by atoms with van der Waals surface area (Å²) in [5, 5.41) is 17.2. The number of aromatic nitrogens is 1. The zero-order valence-electron chi connectivity index (χ0n) is 16.0. The van der Waals surface area contributed by atoms with E-state index in [1.54, 1.807) is 0 Å². The number of rotatable bonds is 1. The molecule has 2 unspecified atom stereocenters. The molecule has 1 saturated carbocycles. The number of hydrogen-bond donors (Lipinski definition) is 3. The number of para-hydroxylation sites is 1. The van der Waals surface area contributed by atoms with E-state index in [0.717, 1.165) is 47.2 Å². The Hall–Kier alpha value is -1.97. The summed E-state index contributed by atoms with van der Waals surface area (Å²) in [6.45, 7) is 6.38. The Balaban J connectivity index is 1.78. The highest BCUT2D eigenvalue weighted by Crippen LogP contribution is 2.60. The lowest BCUT2D eigenvalue weighted by atomic mass is 9.60. The Morgan fingerprint density at radius 2 is 1.89 bits per heavy atom. The summed E-state index contributed by atoms with van der Waals surface area (Å²) in [5.41, 5.74) is 3.89. The van der Waals surface area contributed by atoms with E-state index in [0.29, 0.717) is 5.02 Å². The molecule has 4 heteroatoms. The predicted octanol–water partition coefficient (Wildman–Crippen LogP) is 5.87. The van der Waals surface area contributed by atoms with Crippen LogP contribution in [0.15, 0.2) is 42.6 Å². The lowest BCUT2D eigenvalue weighted by molar-refractivity contribution is -0.0628. The van der Waals surface area contributed by atoms with E-state index in [-0.39, 0.29) is 5.41 Å². The molecule has 0 bridgehead atoms. The zero-order valence-corrected chi connectivity index (χ0v) is 16.7. The molecule has 1 aliphatic heterocycles. The number of hydrogen-bond acceptors (Lipinski definition) is 2. The normalized spacial score (nSPS) is 28.6. The van der Waals surface area contributed by atoms with Crippen LogP contribution in [0.25, 0.3) is 22.0 Å². The van der Waals surface area contributed by atoms with Crippen molar-refractivity contribution < 1.29 is 5.11 Å². The van der Waals surface area contributed by atoms with Gasteiger partial charge in [-0.05, 0) is 67.8 Å². The first-order chi connectivity index (χ1) is 12.8. The first-order valence-corrected chi connectivity index (χ1v) is 10.1. The van der Waals surface area contributed by atoms with Crippen molar-refractivity contribution in [1.82, 2.24) is 4.98 Å². The Morgan fingerprint density at radius 1 is 1.07 bits per heavy atom. The molecular formula is C23H25ClN2O. The van der Waals surface area contributed by atoms with Gasteiger partial charge in [-0.25, -0.2) is 0 Å². The molecule has 2 atom stereocenters. The van der Waals surface area contributed by atoms with Gasteiger partial charge in [0.25, 0.3) is 0 Å². The fourth-order valence-corrected chi connectivity index (χ4v) is 5.87. The van der Waals surface area contributed by atoms with Crippen molar-refractivity contribution in [1.29, 1.82) is 0 Å². The third-order valence-electron chi connectivity index (χ3n) is 7.18. The van der Waals surface area contributed by atoms with Gasteiger partial charge in [-0.3, -0.25) is 0 Å². The van der Waals surface area contributed by atoms with Gasteiger partial charge in [-0.15, -0.1) is 0 Å². The SMILES string of the molecule is CC1(C)Nc2c(Cl)cc(-c3cccc4cc[nH]c34)cc2C2(C)CCCC12O. The molecule has 27 heavy (non-hydrogen) atoms. The Labute approximate surface area is 164 Å². The first kappa shape index (κ1) is 17.2. The molecule has 1 fully saturated rings. The Kier molecular flexibility index (Phi) is 3.37. The van der Waals surface area contributed by atoms with Crippen molar-refractivity contribution in [2.24, 2.45) is 0 Å². The minimum Gasteiger partial charge on any atom is -0.387 e. The predicted molar refractivity (Wildman–Crippen MR) is 113 cm³/mol. The van der Waals surface area contributed by atoms with Gasteiger partial charge in [-0.2, -0.15) is 0 Å². The second-order valence-electron chi connectivity index (χ2n) is 8.92. The second-order valence-corrected chi connectivity index (χ2v) is 9.33. The molecule has 140 valence electrons. The van der Waals surface area contributed by atoms with Gasteiger partial charge in [0, 0.05) is 17.2 Å². The van der Waals surface area contributed by atoms with Crippen molar-refractivity contribution in [3.63, 3.8) is 0 Å². The number of halogens is 1. The van der Waals surface area contributed by atoms with E-state index in [4.69, 9.17) is 11.6 Å². The maximum atomic E-state index is 11.7. The van der Waals surface area contributed by atoms with Gasteiger partial charge in [-0.1, -0.05) is 36.7 Å².